The third kappa shape index (κ3) is 4.06. The van der Waals surface area contributed by atoms with E-state index in [1.54, 1.807) is 36.4 Å². The zero-order valence-corrected chi connectivity index (χ0v) is 13.5. The normalized spacial score (nSPS) is 12.0. The van der Waals surface area contributed by atoms with Crippen molar-refractivity contribution in [2.75, 3.05) is 5.32 Å². The molecule has 0 radical (unpaired) electrons. The molecule has 0 aliphatic carbocycles. The Morgan fingerprint density at radius 3 is 2.33 bits per heavy atom. The summed E-state index contributed by atoms with van der Waals surface area (Å²) in [5.74, 6) is -0.989. The van der Waals surface area contributed by atoms with Gasteiger partial charge in [-0.3, -0.25) is 0 Å². The Bertz CT molecular complexity index is 671. The van der Waals surface area contributed by atoms with Crippen LogP contribution in [-0.2, 0) is 4.79 Å². The minimum Gasteiger partial charge on any atom is -0.479 e. The highest BCUT2D eigenvalue weighted by Crippen LogP contribution is 2.27. The summed E-state index contributed by atoms with van der Waals surface area (Å²) in [6.07, 6.45) is 0. The fourth-order valence-corrected chi connectivity index (χ4v) is 2.61. The van der Waals surface area contributed by atoms with Gasteiger partial charge in [0.05, 0.1) is 0 Å². The second-order valence-electron chi connectivity index (χ2n) is 4.62. The summed E-state index contributed by atoms with van der Waals surface area (Å²) < 4.78 is 0. The molecule has 21 heavy (non-hydrogen) atoms. The van der Waals surface area contributed by atoms with E-state index in [1.165, 1.54) is 0 Å². The van der Waals surface area contributed by atoms with E-state index in [1.807, 2.05) is 6.92 Å². The molecule has 0 bridgehead atoms. The van der Waals surface area contributed by atoms with Gasteiger partial charge in [0.25, 0.3) is 0 Å². The van der Waals surface area contributed by atoms with Gasteiger partial charge < -0.3 is 10.4 Å². The minimum atomic E-state index is -0.989. The molecule has 1 atom stereocenters. The van der Waals surface area contributed by atoms with E-state index in [2.05, 4.69) is 17.9 Å². The number of anilines is 1. The average molecular weight is 342 g/mol. The molecule has 0 spiro atoms. The van der Waals surface area contributed by atoms with Crippen molar-refractivity contribution in [3.8, 4) is 0 Å². The Labute approximate surface area is 138 Å². The highest BCUT2D eigenvalue weighted by atomic mass is 35.5. The van der Waals surface area contributed by atoms with Crippen LogP contribution >= 0.6 is 35.8 Å². The van der Waals surface area contributed by atoms with E-state index < -0.39 is 12.0 Å². The van der Waals surface area contributed by atoms with Crippen molar-refractivity contribution < 1.29 is 9.90 Å². The molecule has 0 saturated carbocycles. The number of thiol groups is 1. The molecule has 2 aromatic rings. The number of hydrogen-bond acceptors (Lipinski definition) is 3. The van der Waals surface area contributed by atoms with Crippen molar-refractivity contribution in [1.29, 1.82) is 0 Å². The van der Waals surface area contributed by atoms with Crippen molar-refractivity contribution in [2.24, 2.45) is 0 Å². The maximum atomic E-state index is 11.5. The van der Waals surface area contributed by atoms with Gasteiger partial charge in [0.1, 0.15) is 0 Å². The van der Waals surface area contributed by atoms with Gasteiger partial charge in [-0.2, -0.15) is 0 Å². The number of aliphatic carboxylic acids is 1. The molecule has 0 fully saturated rings. The molecule has 2 rings (SSSR count). The van der Waals surface area contributed by atoms with E-state index >= 15 is 0 Å². The van der Waals surface area contributed by atoms with Gasteiger partial charge in [-0.15, -0.1) is 12.6 Å². The third-order valence-corrected chi connectivity index (χ3v) is 3.91. The number of halogens is 2. The second kappa shape index (κ2) is 6.60. The standard InChI is InChI=1S/C15H13Cl2NO2S/c1-8-4-9(2-3-13(8)21)14(15(19)20)18-12-6-10(16)5-11(17)7-12/h2-7,14,18,21H,1H3,(H,19,20). The lowest BCUT2D eigenvalue weighted by Gasteiger charge is -2.17. The zero-order valence-electron chi connectivity index (χ0n) is 11.1. The van der Waals surface area contributed by atoms with Crippen molar-refractivity contribution in [2.45, 2.75) is 17.9 Å². The molecule has 6 heteroatoms. The first-order chi connectivity index (χ1) is 9.86. The van der Waals surface area contributed by atoms with E-state index in [9.17, 15) is 9.90 Å². The lowest BCUT2D eigenvalue weighted by molar-refractivity contribution is -0.138. The maximum Gasteiger partial charge on any atom is 0.330 e. The maximum absolute atomic E-state index is 11.5. The van der Waals surface area contributed by atoms with Gasteiger partial charge >= 0.3 is 5.97 Å². The number of carboxylic acid groups (broad SMARTS) is 1. The van der Waals surface area contributed by atoms with Crippen molar-refractivity contribution in [3.63, 3.8) is 0 Å². The van der Waals surface area contributed by atoms with Crippen LogP contribution in [0.4, 0.5) is 5.69 Å². The monoisotopic (exact) mass is 341 g/mol. The Hall–Kier alpha value is -1.36. The summed E-state index contributed by atoms with van der Waals surface area (Å²) in [5.41, 5.74) is 2.09. The van der Waals surface area contributed by atoms with Gasteiger partial charge in [0.15, 0.2) is 6.04 Å². The third-order valence-electron chi connectivity index (χ3n) is 2.97. The Kier molecular flexibility index (Phi) is 5.04. The van der Waals surface area contributed by atoms with Gasteiger partial charge in [-0.1, -0.05) is 35.3 Å². The molecule has 110 valence electrons. The Morgan fingerprint density at radius 2 is 1.81 bits per heavy atom. The van der Waals surface area contributed by atoms with Gasteiger partial charge in [-0.05, 0) is 42.3 Å². The molecule has 0 saturated heterocycles. The molecular formula is C15H13Cl2NO2S. The number of carbonyl (C=O) groups is 1. The number of rotatable bonds is 4. The van der Waals surface area contributed by atoms with E-state index in [-0.39, 0.29) is 0 Å². The van der Waals surface area contributed by atoms with Crippen molar-refractivity contribution in [3.05, 3.63) is 57.6 Å². The number of aryl methyl sites for hydroxylation is 1. The summed E-state index contributed by atoms with van der Waals surface area (Å²) in [4.78, 5) is 12.3. The minimum absolute atomic E-state index is 0.441. The molecular weight excluding hydrogens is 329 g/mol. The van der Waals surface area contributed by atoms with E-state index in [0.29, 0.717) is 21.3 Å². The molecule has 2 N–H and O–H groups in total. The fourth-order valence-electron chi connectivity index (χ4n) is 1.95. The highest BCUT2D eigenvalue weighted by Gasteiger charge is 2.20. The van der Waals surface area contributed by atoms with E-state index in [4.69, 9.17) is 23.2 Å². The van der Waals surface area contributed by atoms with Gasteiger partial charge in [0.2, 0.25) is 0 Å². The van der Waals surface area contributed by atoms with E-state index in [0.717, 1.165) is 10.5 Å². The van der Waals surface area contributed by atoms with Crippen LogP contribution in [-0.4, -0.2) is 11.1 Å². The molecule has 0 aliphatic heterocycles. The summed E-state index contributed by atoms with van der Waals surface area (Å²) >= 11 is 16.1. The number of hydrogen-bond donors (Lipinski definition) is 3. The first-order valence-corrected chi connectivity index (χ1v) is 7.32. The van der Waals surface area contributed by atoms with Gasteiger partial charge in [0, 0.05) is 20.6 Å². The largest absolute Gasteiger partial charge is 0.479 e. The smallest absolute Gasteiger partial charge is 0.330 e. The van der Waals surface area contributed by atoms with Crippen LogP contribution in [0.25, 0.3) is 0 Å². The molecule has 0 aliphatic rings. The first kappa shape index (κ1) is 16.0. The molecule has 2 aromatic carbocycles. The summed E-state index contributed by atoms with van der Waals surface area (Å²) in [6, 6.07) is 9.24. The fraction of sp³-hybridized carbons (Fsp3) is 0.133. The molecule has 1 unspecified atom stereocenters. The number of carboxylic acids is 1. The molecule has 0 aromatic heterocycles. The van der Waals surface area contributed by atoms with Crippen LogP contribution in [0.15, 0.2) is 41.3 Å². The highest BCUT2D eigenvalue weighted by molar-refractivity contribution is 7.80. The average Bonchev–Trinajstić information content (AvgIpc) is 2.38. The lowest BCUT2D eigenvalue weighted by atomic mass is 10.0. The quantitative estimate of drug-likeness (QED) is 0.698. The summed E-state index contributed by atoms with van der Waals surface area (Å²) in [7, 11) is 0. The predicted octanol–water partition coefficient (Wildman–Crippen LogP) is 4.83. The SMILES string of the molecule is Cc1cc(C(Nc2cc(Cl)cc(Cl)c2)C(=O)O)ccc1S. The van der Waals surface area contributed by atoms with Crippen molar-refractivity contribution in [1.82, 2.24) is 0 Å². The molecule has 3 nitrogen and oxygen atoms in total. The van der Waals surface area contributed by atoms with Crippen LogP contribution < -0.4 is 5.32 Å². The van der Waals surface area contributed by atoms with Crippen LogP contribution in [0.2, 0.25) is 10.0 Å². The second-order valence-corrected chi connectivity index (χ2v) is 5.97. The van der Waals surface area contributed by atoms with Crippen molar-refractivity contribution >= 4 is 47.5 Å². The Balaban J connectivity index is 2.35. The summed E-state index contributed by atoms with van der Waals surface area (Å²) in [5, 5.41) is 13.3. The van der Waals surface area contributed by atoms with Crippen LogP contribution in [0.5, 0.6) is 0 Å². The summed E-state index contributed by atoms with van der Waals surface area (Å²) in [6.45, 7) is 1.88. The lowest BCUT2D eigenvalue weighted by Crippen LogP contribution is -2.20. The molecule has 0 amide bonds. The van der Waals surface area contributed by atoms with Crippen LogP contribution in [0.1, 0.15) is 17.2 Å². The zero-order chi connectivity index (χ0) is 15.6. The van der Waals surface area contributed by atoms with Crippen LogP contribution in [0.3, 0.4) is 0 Å². The van der Waals surface area contributed by atoms with Gasteiger partial charge in [-0.25, -0.2) is 4.79 Å². The Morgan fingerprint density at radius 1 is 1.19 bits per heavy atom. The molecule has 0 heterocycles. The number of nitrogens with one attached hydrogen (secondary N) is 1. The first-order valence-electron chi connectivity index (χ1n) is 6.12. The predicted molar refractivity (Wildman–Crippen MR) is 88.9 cm³/mol. The van der Waals surface area contributed by atoms with Crippen LogP contribution in [0, 0.1) is 6.92 Å². The number of benzene rings is 2. The topological polar surface area (TPSA) is 49.3 Å².